The highest BCUT2D eigenvalue weighted by molar-refractivity contribution is 6.24. The Morgan fingerprint density at radius 2 is 0.892 bits per heavy atom. The van der Waals surface area contributed by atoms with E-state index in [1.54, 1.807) is 0 Å². The van der Waals surface area contributed by atoms with Crippen LogP contribution < -0.4 is 4.90 Å². The van der Waals surface area contributed by atoms with Crippen molar-refractivity contribution in [3.63, 3.8) is 0 Å². The largest absolute Gasteiger partial charge is 0.278 e. The van der Waals surface area contributed by atoms with Crippen LogP contribution in [0.25, 0.3) is 43.4 Å². The van der Waals surface area contributed by atoms with E-state index in [9.17, 15) is 0 Å². The number of anilines is 3. The number of rotatable bonds is 4. The molecule has 0 saturated carbocycles. The third kappa shape index (κ3) is 3.52. The first kappa shape index (κ1) is 21.3. The Bertz CT molecular complexity index is 1780. The van der Waals surface area contributed by atoms with E-state index in [0.717, 1.165) is 28.1 Å². The van der Waals surface area contributed by atoms with Crippen molar-refractivity contribution >= 4 is 49.6 Å². The lowest BCUT2D eigenvalue weighted by atomic mass is 9.88. The van der Waals surface area contributed by atoms with Crippen molar-refractivity contribution in [1.82, 2.24) is 9.97 Å². The van der Waals surface area contributed by atoms with Gasteiger partial charge in [-0.25, -0.2) is 9.97 Å². The van der Waals surface area contributed by atoms with E-state index in [4.69, 9.17) is 9.97 Å². The van der Waals surface area contributed by atoms with Crippen molar-refractivity contribution < 1.29 is 0 Å². The summed E-state index contributed by atoms with van der Waals surface area (Å²) in [4.78, 5) is 11.7. The average molecular weight is 474 g/mol. The van der Waals surface area contributed by atoms with Crippen LogP contribution in [0, 0.1) is 0 Å². The van der Waals surface area contributed by atoms with Crippen molar-refractivity contribution in [2.24, 2.45) is 0 Å². The van der Waals surface area contributed by atoms with Gasteiger partial charge in [-0.05, 0) is 56.9 Å². The molecule has 2 aromatic heterocycles. The molecule has 0 aliphatic heterocycles. The van der Waals surface area contributed by atoms with Gasteiger partial charge in [-0.2, -0.15) is 0 Å². The zero-order valence-corrected chi connectivity index (χ0v) is 20.1. The number of aromatic nitrogens is 2. The standard InChI is InChI=1S/C34H23N3/c1-2-14-25-24(12-1)13-11-19-26(25)33-27-15-3-5-17-29(27)34(30-18-6-4-16-28(30)33)37(31-20-7-9-22-35-31)32-21-8-10-23-36-32/h1-23H. The maximum absolute atomic E-state index is 4.75. The van der Waals surface area contributed by atoms with E-state index < -0.39 is 0 Å². The number of hydrogen-bond donors (Lipinski definition) is 0. The van der Waals surface area contributed by atoms with E-state index in [0.29, 0.717) is 0 Å². The van der Waals surface area contributed by atoms with Gasteiger partial charge in [0.1, 0.15) is 11.6 Å². The molecule has 0 atom stereocenters. The number of pyridine rings is 2. The Balaban J connectivity index is 1.65. The van der Waals surface area contributed by atoms with Gasteiger partial charge in [-0.15, -0.1) is 0 Å². The van der Waals surface area contributed by atoms with E-state index >= 15 is 0 Å². The Kier molecular flexibility index (Phi) is 5.11. The highest BCUT2D eigenvalue weighted by Crippen LogP contribution is 2.48. The van der Waals surface area contributed by atoms with Gasteiger partial charge in [0.2, 0.25) is 0 Å². The summed E-state index contributed by atoms with van der Waals surface area (Å²) in [6.45, 7) is 0. The van der Waals surface area contributed by atoms with Crippen LogP contribution in [0.2, 0.25) is 0 Å². The maximum Gasteiger partial charge on any atom is 0.138 e. The summed E-state index contributed by atoms with van der Waals surface area (Å²) in [5.74, 6) is 1.66. The molecule has 0 unspecified atom stereocenters. The molecule has 0 N–H and O–H groups in total. The van der Waals surface area contributed by atoms with E-state index in [2.05, 4.69) is 95.9 Å². The molecule has 2 heterocycles. The molecular weight excluding hydrogens is 450 g/mol. The van der Waals surface area contributed by atoms with Gasteiger partial charge >= 0.3 is 0 Å². The van der Waals surface area contributed by atoms with E-state index in [1.165, 1.54) is 32.7 Å². The van der Waals surface area contributed by atoms with Crippen LogP contribution in [-0.2, 0) is 0 Å². The molecule has 0 aliphatic carbocycles. The number of fused-ring (bicyclic) bond motifs is 3. The lowest BCUT2D eigenvalue weighted by Crippen LogP contribution is -2.14. The third-order valence-electron chi connectivity index (χ3n) is 6.94. The van der Waals surface area contributed by atoms with Gasteiger partial charge in [0.15, 0.2) is 0 Å². The molecular formula is C34H23N3. The summed E-state index contributed by atoms with van der Waals surface area (Å²) < 4.78 is 0. The summed E-state index contributed by atoms with van der Waals surface area (Å²) in [6.07, 6.45) is 3.67. The van der Waals surface area contributed by atoms with Crippen LogP contribution in [0.15, 0.2) is 140 Å². The smallest absolute Gasteiger partial charge is 0.138 e. The predicted octanol–water partition coefficient (Wildman–Crippen LogP) is 9.07. The lowest BCUT2D eigenvalue weighted by Gasteiger charge is -2.27. The van der Waals surface area contributed by atoms with Crippen molar-refractivity contribution in [2.45, 2.75) is 0 Å². The molecule has 3 nitrogen and oxygen atoms in total. The molecule has 174 valence electrons. The zero-order chi connectivity index (χ0) is 24.6. The van der Waals surface area contributed by atoms with Crippen molar-refractivity contribution in [3.05, 3.63) is 140 Å². The minimum Gasteiger partial charge on any atom is -0.278 e. The van der Waals surface area contributed by atoms with Crippen LogP contribution in [-0.4, -0.2) is 9.97 Å². The molecule has 7 rings (SSSR count). The summed E-state index contributed by atoms with van der Waals surface area (Å²) in [7, 11) is 0. The summed E-state index contributed by atoms with van der Waals surface area (Å²) in [6, 6.07) is 44.6. The molecule has 0 fully saturated rings. The fraction of sp³-hybridized carbons (Fsp3) is 0. The van der Waals surface area contributed by atoms with Crippen LogP contribution >= 0.6 is 0 Å². The van der Waals surface area contributed by atoms with Gasteiger partial charge in [-0.3, -0.25) is 4.90 Å². The number of benzene rings is 5. The normalized spacial score (nSPS) is 11.2. The van der Waals surface area contributed by atoms with Gasteiger partial charge < -0.3 is 0 Å². The van der Waals surface area contributed by atoms with Crippen LogP contribution in [0.5, 0.6) is 0 Å². The fourth-order valence-corrected chi connectivity index (χ4v) is 5.40. The summed E-state index contributed by atoms with van der Waals surface area (Å²) >= 11 is 0. The first-order valence-electron chi connectivity index (χ1n) is 12.4. The second-order valence-corrected chi connectivity index (χ2v) is 9.05. The average Bonchev–Trinajstić information content (AvgIpc) is 2.98. The van der Waals surface area contributed by atoms with Crippen molar-refractivity contribution in [2.75, 3.05) is 4.90 Å². The lowest BCUT2D eigenvalue weighted by molar-refractivity contribution is 1.14. The van der Waals surface area contributed by atoms with Crippen LogP contribution in [0.1, 0.15) is 0 Å². The summed E-state index contributed by atoms with van der Waals surface area (Å²) in [5.41, 5.74) is 3.56. The zero-order valence-electron chi connectivity index (χ0n) is 20.1. The first-order valence-corrected chi connectivity index (χ1v) is 12.4. The van der Waals surface area contributed by atoms with Crippen LogP contribution in [0.3, 0.4) is 0 Å². The molecule has 3 heteroatoms. The molecule has 0 radical (unpaired) electrons. The van der Waals surface area contributed by atoms with E-state index in [-0.39, 0.29) is 0 Å². The topological polar surface area (TPSA) is 29.0 Å². The third-order valence-corrected chi connectivity index (χ3v) is 6.94. The molecule has 7 aromatic rings. The highest BCUT2D eigenvalue weighted by atomic mass is 15.2. The maximum atomic E-state index is 4.75. The van der Waals surface area contributed by atoms with Gasteiger partial charge in [0.25, 0.3) is 0 Å². The molecule has 5 aromatic carbocycles. The van der Waals surface area contributed by atoms with Crippen LogP contribution in [0.4, 0.5) is 17.3 Å². The molecule has 0 bridgehead atoms. The Hall–Kier alpha value is -5.02. The Morgan fingerprint density at radius 3 is 1.46 bits per heavy atom. The second-order valence-electron chi connectivity index (χ2n) is 9.05. The highest BCUT2D eigenvalue weighted by Gasteiger charge is 2.23. The first-order chi connectivity index (χ1) is 18.4. The molecule has 0 amide bonds. The van der Waals surface area contributed by atoms with Crippen molar-refractivity contribution in [1.29, 1.82) is 0 Å². The Morgan fingerprint density at radius 1 is 0.405 bits per heavy atom. The minimum atomic E-state index is 0.828. The van der Waals surface area contributed by atoms with Crippen molar-refractivity contribution in [3.8, 4) is 11.1 Å². The Labute approximate surface area is 215 Å². The monoisotopic (exact) mass is 473 g/mol. The molecule has 0 aliphatic rings. The quantitative estimate of drug-likeness (QED) is 0.239. The second kappa shape index (κ2) is 8.89. The van der Waals surface area contributed by atoms with Gasteiger partial charge in [-0.1, -0.05) is 103 Å². The fourth-order valence-electron chi connectivity index (χ4n) is 5.40. The predicted molar refractivity (Wildman–Crippen MR) is 155 cm³/mol. The van der Waals surface area contributed by atoms with Gasteiger partial charge in [0, 0.05) is 23.2 Å². The molecule has 37 heavy (non-hydrogen) atoms. The number of nitrogens with zero attached hydrogens (tertiary/aromatic N) is 3. The summed E-state index contributed by atoms with van der Waals surface area (Å²) in [5, 5.41) is 7.19. The number of hydrogen-bond acceptors (Lipinski definition) is 3. The van der Waals surface area contributed by atoms with Gasteiger partial charge in [0.05, 0.1) is 5.69 Å². The van der Waals surface area contributed by atoms with E-state index in [1.807, 2.05) is 48.8 Å². The minimum absolute atomic E-state index is 0.828. The molecule has 0 spiro atoms. The molecule has 0 saturated heterocycles. The SMILES string of the molecule is c1ccc(N(c2ccccn2)c2c3ccccc3c(-c3cccc4ccccc34)c3ccccc23)nc1.